The molecular weight excluding hydrogens is 238 g/mol. The van der Waals surface area contributed by atoms with Crippen LogP contribution < -0.4 is 10.2 Å². The van der Waals surface area contributed by atoms with Crippen LogP contribution in [0.4, 0.5) is 11.6 Å². The number of rotatable bonds is 5. The van der Waals surface area contributed by atoms with E-state index < -0.39 is 0 Å². The molecule has 0 aliphatic heterocycles. The van der Waals surface area contributed by atoms with Crippen molar-refractivity contribution < 1.29 is 0 Å². The minimum Gasteiger partial charge on any atom is -0.373 e. The Labute approximate surface area is 113 Å². The predicted molar refractivity (Wildman–Crippen MR) is 77.3 cm³/mol. The van der Waals surface area contributed by atoms with Crippen molar-refractivity contribution in [3.05, 3.63) is 42.0 Å². The summed E-state index contributed by atoms with van der Waals surface area (Å²) in [5.41, 5.74) is 1.21. The molecule has 0 saturated heterocycles. The third-order valence-corrected chi connectivity index (χ3v) is 2.89. The quantitative estimate of drug-likeness (QED) is 0.889. The minimum absolute atomic E-state index is 0.797. The van der Waals surface area contributed by atoms with Crippen LogP contribution in [0.25, 0.3) is 0 Å². The van der Waals surface area contributed by atoms with Crippen molar-refractivity contribution in [1.29, 1.82) is 0 Å². The van der Waals surface area contributed by atoms with E-state index in [1.54, 1.807) is 12.4 Å². The number of aryl methyl sites for hydroxylation is 1. The Morgan fingerprint density at radius 1 is 1.21 bits per heavy atom. The summed E-state index contributed by atoms with van der Waals surface area (Å²) in [7, 11) is 3.90. The fraction of sp³-hybridized carbons (Fsp3) is 0.357. The van der Waals surface area contributed by atoms with E-state index in [4.69, 9.17) is 0 Å². The van der Waals surface area contributed by atoms with Crippen LogP contribution in [0.2, 0.25) is 0 Å². The zero-order valence-electron chi connectivity index (χ0n) is 11.6. The number of hydrogen-bond donors (Lipinski definition) is 1. The van der Waals surface area contributed by atoms with Crippen LogP contribution in [0.1, 0.15) is 18.3 Å². The van der Waals surface area contributed by atoms with Crippen molar-refractivity contribution in [1.82, 2.24) is 15.0 Å². The van der Waals surface area contributed by atoms with Gasteiger partial charge in [0.2, 0.25) is 0 Å². The van der Waals surface area contributed by atoms with Crippen LogP contribution >= 0.6 is 0 Å². The SMILES string of the molecule is CCc1nc(NC)cc(N(C)Cc2ccncc2)n1. The number of pyridine rings is 1. The Bertz CT molecular complexity index is 504. The lowest BCUT2D eigenvalue weighted by Gasteiger charge is -2.19. The molecular formula is C14H19N5. The number of aromatic nitrogens is 3. The summed E-state index contributed by atoms with van der Waals surface area (Å²) in [6.45, 7) is 2.85. The van der Waals surface area contributed by atoms with E-state index in [9.17, 15) is 0 Å². The zero-order chi connectivity index (χ0) is 13.7. The van der Waals surface area contributed by atoms with Crippen LogP contribution in [-0.2, 0) is 13.0 Å². The molecule has 0 unspecified atom stereocenters. The fourth-order valence-corrected chi connectivity index (χ4v) is 1.81. The Hall–Kier alpha value is -2.17. The van der Waals surface area contributed by atoms with Gasteiger partial charge in [-0.2, -0.15) is 0 Å². The first-order valence-electron chi connectivity index (χ1n) is 6.38. The first-order chi connectivity index (χ1) is 9.22. The third-order valence-electron chi connectivity index (χ3n) is 2.89. The van der Waals surface area contributed by atoms with E-state index in [-0.39, 0.29) is 0 Å². The highest BCUT2D eigenvalue weighted by Crippen LogP contribution is 2.16. The molecule has 0 bridgehead atoms. The summed E-state index contributed by atoms with van der Waals surface area (Å²) >= 11 is 0. The van der Waals surface area contributed by atoms with Gasteiger partial charge in [0, 0.05) is 45.5 Å². The van der Waals surface area contributed by atoms with Gasteiger partial charge in [-0.15, -0.1) is 0 Å². The van der Waals surface area contributed by atoms with Gasteiger partial charge in [-0.05, 0) is 17.7 Å². The molecule has 2 aromatic heterocycles. The van der Waals surface area contributed by atoms with Gasteiger partial charge < -0.3 is 10.2 Å². The molecule has 0 fully saturated rings. The highest BCUT2D eigenvalue weighted by atomic mass is 15.2. The van der Waals surface area contributed by atoms with E-state index >= 15 is 0 Å². The first-order valence-corrected chi connectivity index (χ1v) is 6.38. The van der Waals surface area contributed by atoms with Gasteiger partial charge in [-0.3, -0.25) is 4.98 Å². The molecule has 2 heterocycles. The molecule has 0 aliphatic carbocycles. The van der Waals surface area contributed by atoms with E-state index in [2.05, 4.69) is 32.1 Å². The number of hydrogen-bond acceptors (Lipinski definition) is 5. The zero-order valence-corrected chi connectivity index (χ0v) is 11.6. The highest BCUT2D eigenvalue weighted by Gasteiger charge is 2.07. The second-order valence-corrected chi connectivity index (χ2v) is 4.34. The maximum absolute atomic E-state index is 4.56. The molecule has 0 aliphatic rings. The summed E-state index contributed by atoms with van der Waals surface area (Å²) in [6.07, 6.45) is 4.44. The van der Waals surface area contributed by atoms with Gasteiger partial charge in [0.25, 0.3) is 0 Å². The first kappa shape index (κ1) is 13.3. The molecule has 2 rings (SSSR count). The summed E-state index contributed by atoms with van der Waals surface area (Å²) in [5.74, 6) is 2.62. The van der Waals surface area contributed by atoms with E-state index in [1.165, 1.54) is 5.56 Å². The maximum atomic E-state index is 4.56. The number of nitrogens with one attached hydrogen (secondary N) is 1. The average molecular weight is 257 g/mol. The topological polar surface area (TPSA) is 53.9 Å². The minimum atomic E-state index is 0.797. The Morgan fingerprint density at radius 2 is 1.95 bits per heavy atom. The summed E-state index contributed by atoms with van der Waals surface area (Å²) in [5, 5.41) is 3.07. The van der Waals surface area contributed by atoms with Crippen molar-refractivity contribution in [2.24, 2.45) is 0 Å². The lowest BCUT2D eigenvalue weighted by Crippen LogP contribution is -2.19. The van der Waals surface area contributed by atoms with E-state index in [0.29, 0.717) is 0 Å². The molecule has 0 aromatic carbocycles. The normalized spacial score (nSPS) is 10.3. The maximum Gasteiger partial charge on any atom is 0.134 e. The smallest absolute Gasteiger partial charge is 0.134 e. The number of nitrogens with zero attached hydrogens (tertiary/aromatic N) is 4. The van der Waals surface area contributed by atoms with Crippen LogP contribution in [-0.4, -0.2) is 29.0 Å². The molecule has 0 atom stereocenters. The second-order valence-electron chi connectivity index (χ2n) is 4.34. The molecule has 0 spiro atoms. The molecule has 100 valence electrons. The molecule has 5 heteroatoms. The lowest BCUT2D eigenvalue weighted by molar-refractivity contribution is 0.858. The Kier molecular flexibility index (Phi) is 4.28. The van der Waals surface area contributed by atoms with Gasteiger partial charge in [0.15, 0.2) is 0 Å². The van der Waals surface area contributed by atoms with Crippen molar-refractivity contribution in [2.75, 3.05) is 24.3 Å². The molecule has 0 amide bonds. The molecule has 0 saturated carbocycles. The second kappa shape index (κ2) is 6.13. The van der Waals surface area contributed by atoms with Crippen molar-refractivity contribution >= 4 is 11.6 Å². The molecule has 0 radical (unpaired) electrons. The molecule has 5 nitrogen and oxygen atoms in total. The van der Waals surface area contributed by atoms with E-state index in [0.717, 1.165) is 30.4 Å². The summed E-state index contributed by atoms with van der Waals surface area (Å²) in [4.78, 5) is 15.1. The van der Waals surface area contributed by atoms with Gasteiger partial charge >= 0.3 is 0 Å². The van der Waals surface area contributed by atoms with Crippen LogP contribution in [0.5, 0.6) is 0 Å². The standard InChI is InChI=1S/C14H19N5/c1-4-12-17-13(15-2)9-14(18-12)19(3)10-11-5-7-16-8-6-11/h5-9H,4,10H2,1-3H3,(H,15,17,18). The lowest BCUT2D eigenvalue weighted by atomic mass is 10.2. The Balaban J connectivity index is 2.20. The molecule has 2 aromatic rings. The van der Waals surface area contributed by atoms with Gasteiger partial charge in [-0.25, -0.2) is 9.97 Å². The largest absolute Gasteiger partial charge is 0.373 e. The average Bonchev–Trinajstić information content (AvgIpc) is 2.47. The fourth-order valence-electron chi connectivity index (χ4n) is 1.81. The van der Waals surface area contributed by atoms with Gasteiger partial charge in [-0.1, -0.05) is 6.92 Å². The van der Waals surface area contributed by atoms with Crippen molar-refractivity contribution in [3.63, 3.8) is 0 Å². The van der Waals surface area contributed by atoms with Crippen LogP contribution in [0.15, 0.2) is 30.6 Å². The number of anilines is 2. The van der Waals surface area contributed by atoms with Gasteiger partial charge in [0.05, 0.1) is 0 Å². The van der Waals surface area contributed by atoms with Crippen LogP contribution in [0, 0.1) is 0 Å². The summed E-state index contributed by atoms with van der Waals surface area (Å²) in [6, 6.07) is 5.98. The molecule has 1 N–H and O–H groups in total. The Morgan fingerprint density at radius 3 is 2.58 bits per heavy atom. The predicted octanol–water partition coefficient (Wildman–Crippen LogP) is 2.11. The van der Waals surface area contributed by atoms with Crippen molar-refractivity contribution in [2.45, 2.75) is 19.9 Å². The monoisotopic (exact) mass is 257 g/mol. The van der Waals surface area contributed by atoms with E-state index in [1.807, 2.05) is 32.3 Å². The van der Waals surface area contributed by atoms with Crippen LogP contribution in [0.3, 0.4) is 0 Å². The summed E-state index contributed by atoms with van der Waals surface area (Å²) < 4.78 is 0. The van der Waals surface area contributed by atoms with Crippen molar-refractivity contribution in [3.8, 4) is 0 Å². The third kappa shape index (κ3) is 3.40. The van der Waals surface area contributed by atoms with Gasteiger partial charge in [0.1, 0.15) is 17.5 Å². The molecule has 19 heavy (non-hydrogen) atoms. The highest BCUT2D eigenvalue weighted by molar-refractivity contribution is 5.49.